The van der Waals surface area contributed by atoms with Crippen LogP contribution in [-0.2, 0) is 21.4 Å². The van der Waals surface area contributed by atoms with Crippen LogP contribution in [0.5, 0.6) is 0 Å². The summed E-state index contributed by atoms with van der Waals surface area (Å²) in [6, 6.07) is 12.2. The van der Waals surface area contributed by atoms with Gasteiger partial charge in [-0.3, -0.25) is 0 Å². The summed E-state index contributed by atoms with van der Waals surface area (Å²) in [6.07, 6.45) is 0. The number of carbonyl (C=O) groups excluding carboxylic acids is 1. The summed E-state index contributed by atoms with van der Waals surface area (Å²) in [4.78, 5) is 11.7. The van der Waals surface area contributed by atoms with Gasteiger partial charge in [-0.25, -0.2) is 18.4 Å². The molecule has 0 fully saturated rings. The lowest BCUT2D eigenvalue weighted by atomic mass is 10.2. The van der Waals surface area contributed by atoms with Crippen molar-refractivity contribution < 1.29 is 17.9 Å². The molecule has 0 saturated carbocycles. The highest BCUT2D eigenvalue weighted by Gasteiger charge is 2.13. The highest BCUT2D eigenvalue weighted by molar-refractivity contribution is 7.89. The van der Waals surface area contributed by atoms with Gasteiger partial charge in [-0.2, -0.15) is 0 Å². The van der Waals surface area contributed by atoms with Gasteiger partial charge >= 0.3 is 5.97 Å². The average molecular weight is 326 g/mol. The van der Waals surface area contributed by atoms with Crippen molar-refractivity contribution >= 4 is 27.6 Å². The van der Waals surface area contributed by atoms with Crippen LogP contribution in [0.15, 0.2) is 53.4 Å². The maximum Gasteiger partial charge on any atom is 0.338 e. The van der Waals surface area contributed by atoms with E-state index in [1.165, 1.54) is 24.3 Å². The molecule has 110 valence electrons. The zero-order valence-corrected chi connectivity index (χ0v) is 12.4. The number of hydrogen-bond donors (Lipinski definition) is 1. The van der Waals surface area contributed by atoms with Gasteiger partial charge in [0.05, 0.1) is 10.5 Å². The number of carbonyl (C=O) groups is 1. The molecule has 0 aliphatic carbocycles. The zero-order chi connectivity index (χ0) is 15.5. The number of primary sulfonamides is 1. The number of rotatable bonds is 4. The van der Waals surface area contributed by atoms with E-state index < -0.39 is 16.0 Å². The Morgan fingerprint density at radius 3 is 2.43 bits per heavy atom. The fraction of sp³-hybridized carbons (Fsp3) is 0.0714. The van der Waals surface area contributed by atoms with Crippen LogP contribution in [-0.4, -0.2) is 14.4 Å². The molecular weight excluding hydrogens is 314 g/mol. The van der Waals surface area contributed by atoms with Crippen molar-refractivity contribution in [2.75, 3.05) is 0 Å². The van der Waals surface area contributed by atoms with Gasteiger partial charge in [0.2, 0.25) is 10.0 Å². The minimum Gasteiger partial charge on any atom is -0.457 e. The second-order valence-corrected chi connectivity index (χ2v) is 6.27. The van der Waals surface area contributed by atoms with E-state index in [9.17, 15) is 13.2 Å². The van der Waals surface area contributed by atoms with E-state index in [0.29, 0.717) is 5.02 Å². The van der Waals surface area contributed by atoms with Crippen LogP contribution in [0.25, 0.3) is 0 Å². The Morgan fingerprint density at radius 2 is 1.81 bits per heavy atom. The Kier molecular flexibility index (Phi) is 4.62. The van der Waals surface area contributed by atoms with Gasteiger partial charge in [0, 0.05) is 5.02 Å². The highest BCUT2D eigenvalue weighted by Crippen LogP contribution is 2.13. The van der Waals surface area contributed by atoms with E-state index in [1.807, 2.05) is 0 Å². The van der Waals surface area contributed by atoms with E-state index >= 15 is 0 Å². The summed E-state index contributed by atoms with van der Waals surface area (Å²) in [5.41, 5.74) is 0.894. The number of sulfonamides is 1. The quantitative estimate of drug-likeness (QED) is 0.874. The van der Waals surface area contributed by atoms with Crippen molar-refractivity contribution in [3.63, 3.8) is 0 Å². The van der Waals surface area contributed by atoms with Crippen molar-refractivity contribution in [2.24, 2.45) is 5.14 Å². The predicted octanol–water partition coefficient (Wildman–Crippen LogP) is 2.34. The molecule has 7 heteroatoms. The van der Waals surface area contributed by atoms with Crippen LogP contribution < -0.4 is 5.14 Å². The molecule has 0 amide bonds. The summed E-state index contributed by atoms with van der Waals surface area (Å²) in [6.45, 7) is 0.0651. The van der Waals surface area contributed by atoms with E-state index in [4.69, 9.17) is 21.5 Å². The Morgan fingerprint density at radius 1 is 1.14 bits per heavy atom. The van der Waals surface area contributed by atoms with Gasteiger partial charge in [-0.15, -0.1) is 0 Å². The van der Waals surface area contributed by atoms with Gasteiger partial charge < -0.3 is 4.74 Å². The Labute approximate surface area is 127 Å². The molecule has 2 rings (SSSR count). The Balaban J connectivity index is 2.08. The first-order valence-corrected chi connectivity index (χ1v) is 7.83. The molecular formula is C14H12ClNO4S. The third kappa shape index (κ3) is 4.29. The molecule has 2 N–H and O–H groups in total. The third-order valence-electron chi connectivity index (χ3n) is 2.68. The SMILES string of the molecule is NS(=O)(=O)c1cccc(C(=O)OCc2ccc(Cl)cc2)c1. The van der Waals surface area contributed by atoms with Gasteiger partial charge in [0.1, 0.15) is 6.61 Å². The van der Waals surface area contributed by atoms with Gasteiger partial charge in [-0.05, 0) is 35.9 Å². The molecule has 21 heavy (non-hydrogen) atoms. The molecule has 0 aromatic heterocycles. The van der Waals surface area contributed by atoms with Crippen molar-refractivity contribution in [1.29, 1.82) is 0 Å². The molecule has 0 aliphatic rings. The maximum absolute atomic E-state index is 11.9. The molecule has 2 aromatic rings. The summed E-state index contributed by atoms with van der Waals surface area (Å²) in [5.74, 6) is -0.629. The number of benzene rings is 2. The topological polar surface area (TPSA) is 86.5 Å². The van der Waals surface area contributed by atoms with Crippen molar-refractivity contribution in [2.45, 2.75) is 11.5 Å². The number of ether oxygens (including phenoxy) is 1. The highest BCUT2D eigenvalue weighted by atomic mass is 35.5. The fourth-order valence-corrected chi connectivity index (χ4v) is 2.30. The van der Waals surface area contributed by atoms with Crippen LogP contribution in [0.4, 0.5) is 0 Å². The minimum absolute atomic E-state index is 0.0651. The van der Waals surface area contributed by atoms with E-state index in [-0.39, 0.29) is 17.1 Å². The molecule has 0 radical (unpaired) electrons. The first kappa shape index (κ1) is 15.5. The molecule has 2 aromatic carbocycles. The fourth-order valence-electron chi connectivity index (χ4n) is 1.61. The molecule has 0 aliphatic heterocycles. The molecule has 5 nitrogen and oxygen atoms in total. The number of hydrogen-bond acceptors (Lipinski definition) is 4. The smallest absolute Gasteiger partial charge is 0.338 e. The molecule has 0 bridgehead atoms. The van der Waals surface area contributed by atoms with E-state index in [1.54, 1.807) is 24.3 Å². The summed E-state index contributed by atoms with van der Waals surface area (Å²) in [7, 11) is -3.85. The van der Waals surface area contributed by atoms with Crippen LogP contribution in [0.3, 0.4) is 0 Å². The Bertz CT molecular complexity index is 757. The zero-order valence-electron chi connectivity index (χ0n) is 10.8. The van der Waals surface area contributed by atoms with Crippen LogP contribution in [0.1, 0.15) is 15.9 Å². The maximum atomic E-state index is 11.9. The molecule has 0 unspecified atom stereocenters. The second-order valence-electron chi connectivity index (χ2n) is 4.28. The monoisotopic (exact) mass is 325 g/mol. The lowest BCUT2D eigenvalue weighted by molar-refractivity contribution is 0.0472. The molecule has 0 saturated heterocycles. The Hall–Kier alpha value is -1.89. The van der Waals surface area contributed by atoms with Crippen LogP contribution in [0.2, 0.25) is 5.02 Å². The number of halogens is 1. The minimum atomic E-state index is -3.85. The lowest BCUT2D eigenvalue weighted by Gasteiger charge is -2.06. The standard InChI is InChI=1S/C14H12ClNO4S/c15-12-6-4-10(5-7-12)9-20-14(17)11-2-1-3-13(8-11)21(16,18)19/h1-8H,9H2,(H2,16,18,19). The molecule has 0 heterocycles. The largest absolute Gasteiger partial charge is 0.457 e. The summed E-state index contributed by atoms with van der Waals surface area (Å²) in [5, 5.41) is 5.60. The van der Waals surface area contributed by atoms with Crippen LogP contribution in [0, 0.1) is 0 Å². The first-order valence-electron chi connectivity index (χ1n) is 5.91. The van der Waals surface area contributed by atoms with Crippen molar-refractivity contribution in [3.05, 3.63) is 64.7 Å². The average Bonchev–Trinajstić information content (AvgIpc) is 2.45. The van der Waals surface area contributed by atoms with Crippen molar-refractivity contribution in [1.82, 2.24) is 0 Å². The van der Waals surface area contributed by atoms with Crippen molar-refractivity contribution in [3.8, 4) is 0 Å². The van der Waals surface area contributed by atoms with E-state index in [2.05, 4.69) is 0 Å². The van der Waals surface area contributed by atoms with Gasteiger partial charge in [0.15, 0.2) is 0 Å². The molecule has 0 atom stereocenters. The third-order valence-corrected chi connectivity index (χ3v) is 3.84. The number of esters is 1. The second kappa shape index (κ2) is 6.26. The number of nitrogens with two attached hydrogens (primary N) is 1. The normalized spacial score (nSPS) is 11.1. The van der Waals surface area contributed by atoms with Gasteiger partial charge in [-0.1, -0.05) is 29.8 Å². The first-order chi connectivity index (χ1) is 9.86. The van der Waals surface area contributed by atoms with E-state index in [0.717, 1.165) is 5.56 Å². The van der Waals surface area contributed by atoms with Crippen LogP contribution >= 0.6 is 11.6 Å². The summed E-state index contributed by atoms with van der Waals surface area (Å²) >= 11 is 5.75. The lowest BCUT2D eigenvalue weighted by Crippen LogP contribution is -2.13. The molecule has 0 spiro atoms. The van der Waals surface area contributed by atoms with Gasteiger partial charge in [0.25, 0.3) is 0 Å². The summed E-state index contributed by atoms with van der Waals surface area (Å²) < 4.78 is 27.6. The predicted molar refractivity (Wildman–Crippen MR) is 78.4 cm³/mol.